The SMILES string of the molecule is CC#CC#CC#CC=CC=CCCCCO. The summed E-state index contributed by atoms with van der Waals surface area (Å²) in [6, 6.07) is 0. The Labute approximate surface area is 98.3 Å². The zero-order chi connectivity index (χ0) is 11.9. The van der Waals surface area contributed by atoms with Crippen molar-refractivity contribution < 1.29 is 5.11 Å². The Morgan fingerprint density at radius 3 is 2.56 bits per heavy atom. The number of rotatable bonds is 5. The zero-order valence-electron chi connectivity index (χ0n) is 9.59. The van der Waals surface area contributed by atoms with Gasteiger partial charge >= 0.3 is 0 Å². The molecule has 0 saturated carbocycles. The number of aliphatic hydroxyl groups excluding tert-OH is 1. The lowest BCUT2D eigenvalue weighted by Crippen LogP contribution is -1.79. The summed E-state index contributed by atoms with van der Waals surface area (Å²) >= 11 is 0. The molecule has 0 aromatic heterocycles. The van der Waals surface area contributed by atoms with Crippen LogP contribution in [0.2, 0.25) is 0 Å². The van der Waals surface area contributed by atoms with Gasteiger partial charge in [0.25, 0.3) is 0 Å². The lowest BCUT2D eigenvalue weighted by atomic mass is 10.2. The molecule has 0 aromatic carbocycles. The van der Waals surface area contributed by atoms with E-state index in [0.717, 1.165) is 19.3 Å². The largest absolute Gasteiger partial charge is 0.396 e. The van der Waals surface area contributed by atoms with Gasteiger partial charge < -0.3 is 5.11 Å². The zero-order valence-corrected chi connectivity index (χ0v) is 9.59. The van der Waals surface area contributed by atoms with Crippen LogP contribution in [0.5, 0.6) is 0 Å². The van der Waals surface area contributed by atoms with Crippen LogP contribution < -0.4 is 0 Å². The fourth-order valence-corrected chi connectivity index (χ4v) is 0.855. The summed E-state index contributed by atoms with van der Waals surface area (Å²) in [7, 11) is 0. The Bertz CT molecular complexity index is 394. The topological polar surface area (TPSA) is 20.2 Å². The minimum absolute atomic E-state index is 0.272. The summed E-state index contributed by atoms with van der Waals surface area (Å²) in [4.78, 5) is 0. The van der Waals surface area contributed by atoms with E-state index < -0.39 is 0 Å². The molecule has 0 aliphatic heterocycles. The standard InChI is InChI=1S/C15H16O/c1-2-3-4-5-6-7-8-9-10-11-12-13-14-15-16/h8-11,16H,12-15H2,1H3. The second kappa shape index (κ2) is 13.1. The summed E-state index contributed by atoms with van der Waals surface area (Å²) in [5.41, 5.74) is 0. The van der Waals surface area contributed by atoms with Gasteiger partial charge in [-0.1, -0.05) is 30.1 Å². The Balaban J connectivity index is 3.68. The Hall–Kier alpha value is -1.88. The molecule has 1 nitrogen and oxygen atoms in total. The molecular weight excluding hydrogens is 196 g/mol. The monoisotopic (exact) mass is 212 g/mol. The van der Waals surface area contributed by atoms with Crippen molar-refractivity contribution in [3.05, 3.63) is 24.3 Å². The molecule has 0 atom stereocenters. The van der Waals surface area contributed by atoms with Crippen LogP contribution in [0.4, 0.5) is 0 Å². The van der Waals surface area contributed by atoms with Crippen LogP contribution in [0.1, 0.15) is 26.2 Å². The molecule has 0 aliphatic carbocycles. The van der Waals surface area contributed by atoms with Crippen molar-refractivity contribution in [2.45, 2.75) is 26.2 Å². The first-order valence-electron chi connectivity index (χ1n) is 5.26. The smallest absolute Gasteiger partial charge is 0.0431 e. The number of unbranched alkanes of at least 4 members (excludes halogenated alkanes) is 2. The molecule has 0 bridgehead atoms. The van der Waals surface area contributed by atoms with Crippen molar-refractivity contribution in [2.75, 3.05) is 6.61 Å². The van der Waals surface area contributed by atoms with E-state index >= 15 is 0 Å². The first-order valence-corrected chi connectivity index (χ1v) is 5.26. The molecule has 82 valence electrons. The second-order valence-electron chi connectivity index (χ2n) is 2.90. The molecule has 16 heavy (non-hydrogen) atoms. The van der Waals surface area contributed by atoms with E-state index in [2.05, 4.69) is 41.6 Å². The molecule has 0 rings (SSSR count). The Morgan fingerprint density at radius 1 is 1.00 bits per heavy atom. The molecule has 0 spiro atoms. The molecule has 0 saturated heterocycles. The quantitative estimate of drug-likeness (QED) is 0.421. The molecule has 0 fully saturated rings. The van der Waals surface area contributed by atoms with Gasteiger partial charge in [-0.2, -0.15) is 0 Å². The van der Waals surface area contributed by atoms with Gasteiger partial charge in [-0.15, -0.1) is 0 Å². The first-order chi connectivity index (χ1) is 7.91. The maximum absolute atomic E-state index is 8.55. The van der Waals surface area contributed by atoms with Gasteiger partial charge in [-0.3, -0.25) is 0 Å². The summed E-state index contributed by atoms with van der Waals surface area (Å²) in [6.07, 6.45) is 10.5. The normalized spacial score (nSPS) is 8.88. The predicted octanol–water partition coefficient (Wildman–Crippen LogP) is 2.29. The Kier molecular flexibility index (Phi) is 11.6. The maximum atomic E-state index is 8.55. The van der Waals surface area contributed by atoms with E-state index in [-0.39, 0.29) is 6.61 Å². The number of allylic oxidation sites excluding steroid dienone is 4. The van der Waals surface area contributed by atoms with Gasteiger partial charge in [-0.05, 0) is 55.9 Å². The van der Waals surface area contributed by atoms with Crippen LogP contribution in [0.3, 0.4) is 0 Å². The van der Waals surface area contributed by atoms with Crippen LogP contribution in [0.25, 0.3) is 0 Å². The molecule has 0 aromatic rings. The van der Waals surface area contributed by atoms with Gasteiger partial charge in [0.15, 0.2) is 0 Å². The highest BCUT2D eigenvalue weighted by Gasteiger charge is 1.80. The van der Waals surface area contributed by atoms with Crippen molar-refractivity contribution in [3.63, 3.8) is 0 Å². The van der Waals surface area contributed by atoms with Crippen molar-refractivity contribution in [1.82, 2.24) is 0 Å². The van der Waals surface area contributed by atoms with Crippen LogP contribution in [0, 0.1) is 35.5 Å². The molecule has 0 amide bonds. The van der Waals surface area contributed by atoms with Gasteiger partial charge in [0, 0.05) is 6.61 Å². The average Bonchev–Trinajstić information content (AvgIpc) is 2.31. The number of hydrogen-bond donors (Lipinski definition) is 1. The van der Waals surface area contributed by atoms with E-state index in [1.165, 1.54) is 0 Å². The maximum Gasteiger partial charge on any atom is 0.0431 e. The molecule has 0 heterocycles. The van der Waals surface area contributed by atoms with Crippen molar-refractivity contribution in [1.29, 1.82) is 0 Å². The summed E-state index contributed by atoms with van der Waals surface area (Å²) in [6.45, 7) is 2.01. The van der Waals surface area contributed by atoms with E-state index in [1.807, 2.05) is 12.2 Å². The second-order valence-corrected chi connectivity index (χ2v) is 2.90. The highest BCUT2D eigenvalue weighted by atomic mass is 16.2. The van der Waals surface area contributed by atoms with E-state index in [9.17, 15) is 0 Å². The van der Waals surface area contributed by atoms with Crippen LogP contribution in [0.15, 0.2) is 24.3 Å². The molecule has 1 N–H and O–H groups in total. The fraction of sp³-hybridized carbons (Fsp3) is 0.333. The van der Waals surface area contributed by atoms with Crippen LogP contribution >= 0.6 is 0 Å². The number of aliphatic hydroxyl groups is 1. The summed E-state index contributed by atoms with van der Waals surface area (Å²) in [5.74, 6) is 15.9. The third-order valence-corrected chi connectivity index (χ3v) is 1.59. The molecule has 1 heteroatoms. The highest BCUT2D eigenvalue weighted by Crippen LogP contribution is 1.95. The van der Waals surface area contributed by atoms with Crippen LogP contribution in [-0.2, 0) is 0 Å². The summed E-state index contributed by atoms with van der Waals surface area (Å²) < 4.78 is 0. The third-order valence-electron chi connectivity index (χ3n) is 1.59. The van der Waals surface area contributed by atoms with E-state index in [4.69, 9.17) is 5.11 Å². The lowest BCUT2D eigenvalue weighted by molar-refractivity contribution is 0.285. The first kappa shape index (κ1) is 14.1. The fourth-order valence-electron chi connectivity index (χ4n) is 0.855. The summed E-state index contributed by atoms with van der Waals surface area (Å²) in [5, 5.41) is 8.55. The molecule has 0 aliphatic rings. The van der Waals surface area contributed by atoms with Crippen LogP contribution in [-0.4, -0.2) is 11.7 Å². The lowest BCUT2D eigenvalue weighted by Gasteiger charge is -1.89. The third kappa shape index (κ3) is 12.1. The van der Waals surface area contributed by atoms with Gasteiger partial charge in [-0.25, -0.2) is 0 Å². The number of hydrogen-bond acceptors (Lipinski definition) is 1. The Morgan fingerprint density at radius 2 is 1.81 bits per heavy atom. The van der Waals surface area contributed by atoms with Crippen molar-refractivity contribution in [3.8, 4) is 35.5 Å². The van der Waals surface area contributed by atoms with Gasteiger partial charge in [0.05, 0.1) is 0 Å². The molecule has 0 radical (unpaired) electrons. The molecule has 0 unspecified atom stereocenters. The van der Waals surface area contributed by atoms with Gasteiger partial charge in [0.1, 0.15) is 0 Å². The van der Waals surface area contributed by atoms with Gasteiger partial charge in [0.2, 0.25) is 0 Å². The minimum Gasteiger partial charge on any atom is -0.396 e. The van der Waals surface area contributed by atoms with E-state index in [1.54, 1.807) is 13.0 Å². The predicted molar refractivity (Wildman–Crippen MR) is 68.2 cm³/mol. The average molecular weight is 212 g/mol. The van der Waals surface area contributed by atoms with Crippen molar-refractivity contribution >= 4 is 0 Å². The highest BCUT2D eigenvalue weighted by molar-refractivity contribution is 5.37. The molecular formula is C15H16O. The van der Waals surface area contributed by atoms with Crippen molar-refractivity contribution in [2.24, 2.45) is 0 Å². The minimum atomic E-state index is 0.272. The van der Waals surface area contributed by atoms with E-state index in [0.29, 0.717) is 0 Å².